The minimum Gasteiger partial charge on any atom is -0.454 e. The van der Waals surface area contributed by atoms with Gasteiger partial charge in [0.05, 0.1) is 15.7 Å². The van der Waals surface area contributed by atoms with E-state index in [4.69, 9.17) is 33.2 Å². The van der Waals surface area contributed by atoms with Crippen LogP contribution in [0.2, 0.25) is 10.0 Å². The summed E-state index contributed by atoms with van der Waals surface area (Å²) in [7, 11) is 0. The Hall–Kier alpha value is -3.67. The number of ether oxygens (including phenoxy) is 1. The van der Waals surface area contributed by atoms with Gasteiger partial charge in [-0.25, -0.2) is 4.79 Å². The number of nitrogens with one attached hydrogen (secondary N) is 1. The van der Waals surface area contributed by atoms with Crippen LogP contribution in [-0.2, 0) is 4.79 Å². The van der Waals surface area contributed by atoms with Crippen LogP contribution in [0.3, 0.4) is 0 Å². The van der Waals surface area contributed by atoms with Gasteiger partial charge >= 0.3 is 5.69 Å². The molecule has 0 saturated heterocycles. The number of carbonyl (C=O) groups is 1. The van der Waals surface area contributed by atoms with Crippen LogP contribution in [0, 0.1) is 24.2 Å². The fourth-order valence-electron chi connectivity index (χ4n) is 3.22. The first kappa shape index (κ1) is 31.5. The van der Waals surface area contributed by atoms with Gasteiger partial charge in [-0.15, -0.1) is 5.10 Å². The highest BCUT2D eigenvalue weighted by molar-refractivity contribution is 6.37. The lowest BCUT2D eigenvalue weighted by atomic mass is 9.96. The molecule has 3 aromatic rings. The van der Waals surface area contributed by atoms with E-state index >= 15 is 0 Å². The zero-order chi connectivity index (χ0) is 29.3. The monoisotopic (exact) mass is 570 g/mol. The Labute approximate surface area is 237 Å². The maximum atomic E-state index is 12.2. The van der Waals surface area contributed by atoms with Crippen LogP contribution >= 0.6 is 23.2 Å². The van der Waals surface area contributed by atoms with Crippen molar-refractivity contribution in [3.05, 3.63) is 84.1 Å². The fourth-order valence-corrected chi connectivity index (χ4v) is 3.77. The Bertz CT molecular complexity index is 1510. The van der Waals surface area contributed by atoms with Gasteiger partial charge in [-0.1, -0.05) is 75.9 Å². The number of hydrogen-bond donors (Lipinski definition) is 1. The number of Topliss-reactive ketones (excluding diaryl/α,β-unsaturated/α-hetero) is 1. The van der Waals surface area contributed by atoms with Crippen molar-refractivity contribution in [2.24, 2.45) is 5.92 Å². The number of nitriles is 1. The van der Waals surface area contributed by atoms with Gasteiger partial charge in [0.25, 0.3) is 5.56 Å². The third-order valence-corrected chi connectivity index (χ3v) is 6.27. The molecule has 3 rings (SSSR count). The van der Waals surface area contributed by atoms with Gasteiger partial charge in [0.15, 0.2) is 11.5 Å². The molecule has 0 aliphatic carbocycles. The van der Waals surface area contributed by atoms with E-state index in [2.05, 4.69) is 25.9 Å². The molecule has 0 aliphatic rings. The molecule has 1 heterocycles. The Morgan fingerprint density at radius 2 is 1.79 bits per heavy atom. The first-order valence-electron chi connectivity index (χ1n) is 12.6. The molecular weight excluding hydrogens is 539 g/mol. The van der Waals surface area contributed by atoms with E-state index in [0.29, 0.717) is 11.3 Å². The molecule has 206 valence electrons. The minimum atomic E-state index is -0.894. The molecule has 0 fully saturated rings. The standard InChI is InChI=1S/C24H20Cl2N4O4.C5H12/c1-4-5-6-17(14(3)31)18-11-16(8-7-13(18)2)34-22-19(25)9-15(10-20(22)26)30-24(33)28-23(32)21(12-27)29-30;1-4-5(2)3/h6-11H,4-5H2,1-3H3,(H,28,32,33);5H,4H2,1-3H3/b17-6-;. The van der Waals surface area contributed by atoms with Crippen LogP contribution in [0.15, 0.2) is 46.0 Å². The molecule has 0 unspecified atom stereocenters. The highest BCUT2D eigenvalue weighted by Gasteiger charge is 2.17. The Morgan fingerprint density at radius 3 is 2.31 bits per heavy atom. The van der Waals surface area contributed by atoms with E-state index in [9.17, 15) is 14.4 Å². The number of aromatic amines is 1. The summed E-state index contributed by atoms with van der Waals surface area (Å²) in [5.74, 6) is 1.37. The number of aromatic nitrogens is 3. The average molecular weight is 572 g/mol. The number of hydrogen-bond acceptors (Lipinski definition) is 6. The minimum absolute atomic E-state index is 0.0512. The van der Waals surface area contributed by atoms with Gasteiger partial charge in [0.2, 0.25) is 5.69 Å². The number of nitrogens with zero attached hydrogens (tertiary/aromatic N) is 3. The number of benzene rings is 2. The molecule has 0 bridgehead atoms. The van der Waals surface area contributed by atoms with E-state index in [1.165, 1.54) is 25.5 Å². The van der Waals surface area contributed by atoms with E-state index in [1.807, 2.05) is 31.0 Å². The van der Waals surface area contributed by atoms with Crippen molar-refractivity contribution in [1.29, 1.82) is 5.26 Å². The first-order valence-corrected chi connectivity index (χ1v) is 13.3. The zero-order valence-electron chi connectivity index (χ0n) is 22.9. The SMILES string of the molecule is CCC(C)C.CCC/C=C(/C(C)=O)c1cc(Oc2c(Cl)cc(-n3nc(C#N)c(=O)[nH]c3=O)cc2Cl)ccc1C. The van der Waals surface area contributed by atoms with Crippen molar-refractivity contribution in [3.8, 4) is 23.3 Å². The third-order valence-electron chi connectivity index (χ3n) is 5.71. The zero-order valence-corrected chi connectivity index (χ0v) is 24.4. The smallest absolute Gasteiger partial charge is 0.349 e. The summed E-state index contributed by atoms with van der Waals surface area (Å²) in [6, 6.07) is 9.65. The second-order valence-corrected chi connectivity index (χ2v) is 10.0. The van der Waals surface area contributed by atoms with E-state index in [-0.39, 0.29) is 27.3 Å². The summed E-state index contributed by atoms with van der Waals surface area (Å²) in [5.41, 5.74) is 0.152. The topological polar surface area (TPSA) is 118 Å². The first-order chi connectivity index (χ1) is 18.4. The van der Waals surface area contributed by atoms with Crippen molar-refractivity contribution in [1.82, 2.24) is 14.8 Å². The predicted molar refractivity (Wildman–Crippen MR) is 155 cm³/mol. The number of unbranched alkanes of at least 4 members (excludes halogenated alkanes) is 1. The van der Waals surface area contributed by atoms with Crippen LogP contribution in [-0.4, -0.2) is 20.5 Å². The molecule has 39 heavy (non-hydrogen) atoms. The molecule has 0 atom stereocenters. The molecule has 0 spiro atoms. The number of ketones is 1. The predicted octanol–water partition coefficient (Wildman–Crippen LogP) is 7.02. The van der Waals surface area contributed by atoms with E-state index in [0.717, 1.165) is 34.6 Å². The molecule has 0 aliphatic heterocycles. The Morgan fingerprint density at radius 1 is 1.18 bits per heavy atom. The number of carbonyl (C=O) groups excluding carboxylic acids is 1. The van der Waals surface area contributed by atoms with Crippen molar-refractivity contribution in [2.75, 3.05) is 0 Å². The third kappa shape index (κ3) is 8.41. The lowest BCUT2D eigenvalue weighted by molar-refractivity contribution is -0.111. The lowest BCUT2D eigenvalue weighted by Crippen LogP contribution is -2.33. The lowest BCUT2D eigenvalue weighted by Gasteiger charge is -2.14. The largest absolute Gasteiger partial charge is 0.454 e. The molecule has 1 N–H and O–H groups in total. The summed E-state index contributed by atoms with van der Waals surface area (Å²) in [5, 5.41) is 12.9. The highest BCUT2D eigenvalue weighted by Crippen LogP contribution is 2.39. The summed E-state index contributed by atoms with van der Waals surface area (Å²) in [4.78, 5) is 38.0. The van der Waals surface area contributed by atoms with Crippen LogP contribution in [0.5, 0.6) is 11.5 Å². The average Bonchev–Trinajstić information content (AvgIpc) is 2.88. The molecule has 1 aromatic heterocycles. The van der Waals surface area contributed by atoms with Gasteiger partial charge in [-0.2, -0.15) is 9.94 Å². The molecule has 0 saturated carbocycles. The Balaban J connectivity index is 0.000000976. The normalized spacial score (nSPS) is 11.0. The van der Waals surface area contributed by atoms with E-state index in [1.54, 1.807) is 18.2 Å². The number of rotatable bonds is 8. The van der Waals surface area contributed by atoms with Gasteiger partial charge in [-0.3, -0.25) is 14.6 Å². The van der Waals surface area contributed by atoms with Crippen molar-refractivity contribution in [2.45, 2.75) is 60.8 Å². The summed E-state index contributed by atoms with van der Waals surface area (Å²) < 4.78 is 6.74. The number of allylic oxidation sites excluding steroid dienone is 2. The summed E-state index contributed by atoms with van der Waals surface area (Å²) in [6.07, 6.45) is 4.89. The van der Waals surface area contributed by atoms with E-state index < -0.39 is 16.9 Å². The van der Waals surface area contributed by atoms with Gasteiger partial charge in [0.1, 0.15) is 11.8 Å². The number of aryl methyl sites for hydroxylation is 1. The Kier molecular flexibility index (Phi) is 11.7. The number of halogens is 2. The maximum absolute atomic E-state index is 12.2. The maximum Gasteiger partial charge on any atom is 0.349 e. The highest BCUT2D eigenvalue weighted by atomic mass is 35.5. The van der Waals surface area contributed by atoms with Gasteiger partial charge in [-0.05, 0) is 61.6 Å². The summed E-state index contributed by atoms with van der Waals surface area (Å²) in [6.45, 7) is 12.1. The second-order valence-electron chi connectivity index (χ2n) is 9.21. The summed E-state index contributed by atoms with van der Waals surface area (Å²) >= 11 is 12.8. The molecule has 0 amide bonds. The molecule has 10 heteroatoms. The molecule has 2 aromatic carbocycles. The second kappa shape index (κ2) is 14.5. The molecule has 8 nitrogen and oxygen atoms in total. The van der Waals surface area contributed by atoms with Crippen LogP contribution < -0.4 is 16.0 Å². The van der Waals surface area contributed by atoms with Crippen LogP contribution in [0.1, 0.15) is 70.7 Å². The van der Waals surface area contributed by atoms with Crippen LogP contribution in [0.4, 0.5) is 0 Å². The van der Waals surface area contributed by atoms with Crippen molar-refractivity contribution >= 4 is 34.6 Å². The molecule has 0 radical (unpaired) electrons. The number of H-pyrrole nitrogens is 1. The van der Waals surface area contributed by atoms with Gasteiger partial charge < -0.3 is 4.74 Å². The van der Waals surface area contributed by atoms with Crippen LogP contribution in [0.25, 0.3) is 11.3 Å². The molecular formula is C29H32Cl2N4O4. The van der Waals surface area contributed by atoms with Crippen molar-refractivity contribution < 1.29 is 9.53 Å². The van der Waals surface area contributed by atoms with Gasteiger partial charge in [0, 0.05) is 5.57 Å². The fraction of sp³-hybridized carbons (Fsp3) is 0.345. The quantitative estimate of drug-likeness (QED) is 0.290. The van der Waals surface area contributed by atoms with Crippen molar-refractivity contribution in [3.63, 3.8) is 0 Å².